The first kappa shape index (κ1) is 19.5. The zero-order chi connectivity index (χ0) is 19.3. The van der Waals surface area contributed by atoms with Crippen LogP contribution >= 0.6 is 0 Å². The van der Waals surface area contributed by atoms with E-state index in [1.165, 1.54) is 12.1 Å². The van der Waals surface area contributed by atoms with Crippen LogP contribution in [0.25, 0.3) is 0 Å². The number of aryl methyl sites for hydroxylation is 1. The molecule has 1 amide bonds. The molecule has 0 atom stereocenters. The summed E-state index contributed by atoms with van der Waals surface area (Å²) in [5, 5.41) is 13.6. The first-order chi connectivity index (χ1) is 12.9. The van der Waals surface area contributed by atoms with E-state index in [1.807, 2.05) is 19.1 Å². The van der Waals surface area contributed by atoms with Crippen molar-refractivity contribution in [2.24, 2.45) is 0 Å². The molecule has 1 saturated carbocycles. The highest BCUT2D eigenvalue weighted by Gasteiger charge is 2.34. The average molecular weight is 371 g/mol. The molecule has 5 heteroatoms. The third-order valence-electron chi connectivity index (χ3n) is 5.15. The molecule has 1 aliphatic rings. The molecule has 0 saturated heterocycles. The molecule has 2 aromatic carbocycles. The standard InChI is InChI=1S/C22H26FNO3/c1-16-2-6-18(7-3-16)21(25)24-15-22(26)12-10-20(11-13-22)27-14-17-4-8-19(23)9-5-17/h2-9,20,26H,10-15H2,1H3,(H,24,25). The number of ether oxygens (including phenoxy) is 1. The monoisotopic (exact) mass is 371 g/mol. The minimum atomic E-state index is -0.893. The summed E-state index contributed by atoms with van der Waals surface area (Å²) in [6.45, 7) is 2.65. The fourth-order valence-corrected chi connectivity index (χ4v) is 3.32. The van der Waals surface area contributed by atoms with Crippen LogP contribution in [0.3, 0.4) is 0 Å². The predicted molar refractivity (Wildman–Crippen MR) is 102 cm³/mol. The lowest BCUT2D eigenvalue weighted by Crippen LogP contribution is -2.46. The molecular formula is C22H26FNO3. The van der Waals surface area contributed by atoms with Gasteiger partial charge in [-0.05, 0) is 62.4 Å². The maximum atomic E-state index is 12.9. The smallest absolute Gasteiger partial charge is 0.251 e. The highest BCUT2D eigenvalue weighted by molar-refractivity contribution is 5.94. The number of rotatable bonds is 6. The van der Waals surface area contributed by atoms with Crippen LogP contribution in [0.1, 0.15) is 47.2 Å². The van der Waals surface area contributed by atoms with E-state index < -0.39 is 5.60 Å². The first-order valence-electron chi connectivity index (χ1n) is 9.37. The number of halogens is 1. The van der Waals surface area contributed by atoms with Crippen LogP contribution in [0.2, 0.25) is 0 Å². The van der Waals surface area contributed by atoms with Gasteiger partial charge in [0.25, 0.3) is 5.91 Å². The molecule has 1 aliphatic carbocycles. The Hall–Kier alpha value is -2.24. The largest absolute Gasteiger partial charge is 0.388 e. The van der Waals surface area contributed by atoms with Gasteiger partial charge in [-0.2, -0.15) is 0 Å². The summed E-state index contributed by atoms with van der Waals surface area (Å²) in [5.74, 6) is -0.424. The van der Waals surface area contributed by atoms with E-state index in [9.17, 15) is 14.3 Å². The fraction of sp³-hybridized carbons (Fsp3) is 0.409. The molecular weight excluding hydrogens is 345 g/mol. The number of amides is 1. The summed E-state index contributed by atoms with van der Waals surface area (Å²) >= 11 is 0. The summed E-state index contributed by atoms with van der Waals surface area (Å²) in [6, 6.07) is 13.7. The molecule has 0 aromatic heterocycles. The van der Waals surface area contributed by atoms with Crippen LogP contribution in [-0.2, 0) is 11.3 Å². The van der Waals surface area contributed by atoms with Gasteiger partial charge in [-0.15, -0.1) is 0 Å². The van der Waals surface area contributed by atoms with E-state index in [0.717, 1.165) is 24.0 Å². The number of carbonyl (C=O) groups is 1. The van der Waals surface area contributed by atoms with E-state index in [0.29, 0.717) is 25.0 Å². The van der Waals surface area contributed by atoms with Crippen LogP contribution in [0.15, 0.2) is 48.5 Å². The Labute approximate surface area is 159 Å². The minimum absolute atomic E-state index is 0.0723. The van der Waals surface area contributed by atoms with Crippen LogP contribution in [0, 0.1) is 12.7 Å². The summed E-state index contributed by atoms with van der Waals surface area (Å²) in [5.41, 5.74) is 1.74. The van der Waals surface area contributed by atoms with Gasteiger partial charge in [0.15, 0.2) is 0 Å². The molecule has 0 radical (unpaired) electrons. The molecule has 0 bridgehead atoms. The quantitative estimate of drug-likeness (QED) is 0.813. The normalized spacial score (nSPS) is 22.4. The van der Waals surface area contributed by atoms with E-state index in [4.69, 9.17) is 4.74 Å². The predicted octanol–water partition coefficient (Wildman–Crippen LogP) is 3.75. The zero-order valence-electron chi connectivity index (χ0n) is 15.6. The molecule has 2 N–H and O–H groups in total. The molecule has 3 rings (SSSR count). The maximum absolute atomic E-state index is 12.9. The number of benzene rings is 2. The molecule has 0 aliphatic heterocycles. The molecule has 144 valence electrons. The van der Waals surface area contributed by atoms with Gasteiger partial charge in [0.2, 0.25) is 0 Å². The summed E-state index contributed by atoms with van der Waals surface area (Å²) in [7, 11) is 0. The van der Waals surface area contributed by atoms with Crippen LogP contribution in [0.5, 0.6) is 0 Å². The fourth-order valence-electron chi connectivity index (χ4n) is 3.32. The number of nitrogens with one attached hydrogen (secondary N) is 1. The first-order valence-corrected chi connectivity index (χ1v) is 9.37. The Balaban J connectivity index is 1.42. The molecule has 0 heterocycles. The minimum Gasteiger partial charge on any atom is -0.388 e. The SMILES string of the molecule is Cc1ccc(C(=O)NCC2(O)CCC(OCc3ccc(F)cc3)CC2)cc1. The van der Waals surface area contributed by atoms with Crippen molar-refractivity contribution in [3.8, 4) is 0 Å². The van der Waals surface area contributed by atoms with Crippen molar-refractivity contribution in [1.29, 1.82) is 0 Å². The van der Waals surface area contributed by atoms with Gasteiger partial charge in [0.1, 0.15) is 5.82 Å². The summed E-state index contributed by atoms with van der Waals surface area (Å²) in [6.07, 6.45) is 2.70. The molecule has 27 heavy (non-hydrogen) atoms. The van der Waals surface area contributed by atoms with Gasteiger partial charge >= 0.3 is 0 Å². The van der Waals surface area contributed by atoms with Gasteiger partial charge in [0, 0.05) is 12.1 Å². The lowest BCUT2D eigenvalue weighted by Gasteiger charge is -2.36. The Morgan fingerprint density at radius 2 is 1.78 bits per heavy atom. The highest BCUT2D eigenvalue weighted by atomic mass is 19.1. The van der Waals surface area contributed by atoms with E-state index in [1.54, 1.807) is 24.3 Å². The van der Waals surface area contributed by atoms with Crippen molar-refractivity contribution in [2.75, 3.05) is 6.54 Å². The molecule has 4 nitrogen and oxygen atoms in total. The Kier molecular flexibility index (Phi) is 6.24. The van der Waals surface area contributed by atoms with E-state index in [2.05, 4.69) is 5.32 Å². The number of carbonyl (C=O) groups excluding carboxylic acids is 1. The summed E-state index contributed by atoms with van der Waals surface area (Å²) in [4.78, 5) is 12.2. The average Bonchev–Trinajstić information content (AvgIpc) is 2.68. The van der Waals surface area contributed by atoms with E-state index >= 15 is 0 Å². The number of hydrogen-bond donors (Lipinski definition) is 2. The Morgan fingerprint density at radius 1 is 1.15 bits per heavy atom. The third kappa shape index (κ3) is 5.62. The lowest BCUT2D eigenvalue weighted by molar-refractivity contribution is -0.0582. The van der Waals surface area contributed by atoms with E-state index in [-0.39, 0.29) is 24.4 Å². The second-order valence-corrected chi connectivity index (χ2v) is 7.41. The van der Waals surface area contributed by atoms with Crippen LogP contribution in [-0.4, -0.2) is 29.3 Å². The van der Waals surface area contributed by atoms with Crippen molar-refractivity contribution in [1.82, 2.24) is 5.32 Å². The van der Waals surface area contributed by atoms with Crippen molar-refractivity contribution in [3.05, 3.63) is 71.0 Å². The van der Waals surface area contributed by atoms with Gasteiger partial charge < -0.3 is 15.2 Å². The maximum Gasteiger partial charge on any atom is 0.251 e. The van der Waals surface area contributed by atoms with Gasteiger partial charge in [0.05, 0.1) is 18.3 Å². The van der Waals surface area contributed by atoms with Crippen molar-refractivity contribution in [3.63, 3.8) is 0 Å². The zero-order valence-corrected chi connectivity index (χ0v) is 15.6. The second kappa shape index (κ2) is 8.63. The lowest BCUT2D eigenvalue weighted by atomic mass is 9.83. The van der Waals surface area contributed by atoms with Gasteiger partial charge in [-0.1, -0.05) is 29.8 Å². The molecule has 1 fully saturated rings. The number of hydrogen-bond acceptors (Lipinski definition) is 3. The highest BCUT2D eigenvalue weighted by Crippen LogP contribution is 2.30. The van der Waals surface area contributed by atoms with Gasteiger partial charge in [-0.25, -0.2) is 4.39 Å². The second-order valence-electron chi connectivity index (χ2n) is 7.41. The molecule has 0 unspecified atom stereocenters. The van der Waals surface area contributed by atoms with Crippen LogP contribution in [0.4, 0.5) is 4.39 Å². The van der Waals surface area contributed by atoms with Gasteiger partial charge in [-0.3, -0.25) is 4.79 Å². The third-order valence-corrected chi connectivity index (χ3v) is 5.15. The Morgan fingerprint density at radius 3 is 2.41 bits per heavy atom. The Bertz CT molecular complexity index is 750. The topological polar surface area (TPSA) is 58.6 Å². The number of aliphatic hydroxyl groups is 1. The molecule has 0 spiro atoms. The van der Waals surface area contributed by atoms with Crippen LogP contribution < -0.4 is 5.32 Å². The van der Waals surface area contributed by atoms with Crippen molar-refractivity contribution in [2.45, 2.75) is 50.9 Å². The summed E-state index contributed by atoms with van der Waals surface area (Å²) < 4.78 is 18.8. The van der Waals surface area contributed by atoms with Crippen molar-refractivity contribution >= 4 is 5.91 Å². The molecule has 2 aromatic rings. The van der Waals surface area contributed by atoms with Crippen molar-refractivity contribution < 1.29 is 19.0 Å².